The van der Waals surface area contributed by atoms with Crippen LogP contribution < -0.4 is 0 Å². The normalized spacial score (nSPS) is 14.3. The zero-order valence-electron chi connectivity index (χ0n) is 9.85. The van der Waals surface area contributed by atoms with Crippen molar-refractivity contribution in [3.63, 3.8) is 0 Å². The maximum absolute atomic E-state index is 13.5. The molecule has 3 nitrogen and oxygen atoms in total. The molecular weight excluding hydrogens is 338 g/mol. The van der Waals surface area contributed by atoms with E-state index >= 15 is 0 Å². The van der Waals surface area contributed by atoms with Crippen LogP contribution in [0.5, 0.6) is 0 Å². The molecule has 0 aliphatic carbocycles. The summed E-state index contributed by atoms with van der Waals surface area (Å²) in [6.45, 7) is 0.968. The zero-order chi connectivity index (χ0) is 16.9. The van der Waals surface area contributed by atoms with Gasteiger partial charge in [0.05, 0.1) is 5.56 Å². The van der Waals surface area contributed by atoms with Crippen molar-refractivity contribution in [2.75, 3.05) is 0 Å². The van der Waals surface area contributed by atoms with E-state index in [1.165, 1.54) is 0 Å². The molecular formula is C9H5F8NO2S. The summed E-state index contributed by atoms with van der Waals surface area (Å²) in [6.07, 6.45) is -5.55. The van der Waals surface area contributed by atoms with Crippen molar-refractivity contribution in [2.24, 2.45) is 0 Å². The SMILES string of the molecule is Cc1ccc(C(F)(F)S(=O)(=O)C(F)(F)F)c(C(F)(F)F)n1. The lowest BCUT2D eigenvalue weighted by Crippen LogP contribution is -2.39. The Kier molecular flexibility index (Phi) is 4.00. The summed E-state index contributed by atoms with van der Waals surface area (Å²) >= 11 is 0. The summed E-state index contributed by atoms with van der Waals surface area (Å²) in [6, 6.07) is 0.499. The molecule has 0 amide bonds. The van der Waals surface area contributed by atoms with E-state index < -0.39 is 43.7 Å². The van der Waals surface area contributed by atoms with Crippen molar-refractivity contribution in [3.05, 3.63) is 29.1 Å². The molecule has 0 radical (unpaired) electrons. The average Bonchev–Trinajstić information content (AvgIpc) is 2.25. The van der Waals surface area contributed by atoms with Crippen molar-refractivity contribution < 1.29 is 43.5 Å². The van der Waals surface area contributed by atoms with E-state index in [4.69, 9.17) is 0 Å². The van der Waals surface area contributed by atoms with Crippen LogP contribution in [0, 0.1) is 6.92 Å². The summed E-state index contributed by atoms with van der Waals surface area (Å²) in [4.78, 5) is 2.67. The highest BCUT2D eigenvalue weighted by atomic mass is 32.2. The lowest BCUT2D eigenvalue weighted by atomic mass is 10.1. The summed E-state index contributed by atoms with van der Waals surface area (Å²) in [7, 11) is -7.20. The van der Waals surface area contributed by atoms with Crippen LogP contribution >= 0.6 is 0 Å². The first kappa shape index (κ1) is 17.6. The first-order chi connectivity index (χ1) is 9.12. The van der Waals surface area contributed by atoms with Crippen LogP contribution in [0.4, 0.5) is 35.1 Å². The van der Waals surface area contributed by atoms with Gasteiger partial charge < -0.3 is 0 Å². The molecule has 1 aromatic rings. The Morgan fingerprint density at radius 2 is 1.43 bits per heavy atom. The summed E-state index contributed by atoms with van der Waals surface area (Å²) in [5.74, 6) is 0. The molecule has 120 valence electrons. The Morgan fingerprint density at radius 1 is 0.952 bits per heavy atom. The van der Waals surface area contributed by atoms with Crippen LogP contribution in [0.3, 0.4) is 0 Å². The number of nitrogens with zero attached hydrogens (tertiary/aromatic N) is 1. The molecule has 0 N–H and O–H groups in total. The van der Waals surface area contributed by atoms with Crippen LogP contribution in [-0.2, 0) is 21.3 Å². The van der Waals surface area contributed by atoms with E-state index in [-0.39, 0.29) is 6.07 Å². The monoisotopic (exact) mass is 343 g/mol. The predicted molar refractivity (Wildman–Crippen MR) is 52.8 cm³/mol. The van der Waals surface area contributed by atoms with Gasteiger partial charge in [0.1, 0.15) is 0 Å². The second-order valence-electron chi connectivity index (χ2n) is 3.81. The van der Waals surface area contributed by atoms with Crippen molar-refractivity contribution >= 4 is 9.84 Å². The summed E-state index contributed by atoms with van der Waals surface area (Å²) < 4.78 is 123. The second-order valence-corrected chi connectivity index (χ2v) is 5.80. The first-order valence-corrected chi connectivity index (χ1v) is 6.34. The van der Waals surface area contributed by atoms with Crippen LogP contribution in [0.2, 0.25) is 0 Å². The van der Waals surface area contributed by atoms with Gasteiger partial charge in [0.15, 0.2) is 5.69 Å². The molecule has 1 heterocycles. The topological polar surface area (TPSA) is 47.0 Å². The van der Waals surface area contributed by atoms with Crippen molar-refractivity contribution in [2.45, 2.75) is 23.9 Å². The van der Waals surface area contributed by atoms with Crippen LogP contribution in [0.15, 0.2) is 12.1 Å². The van der Waals surface area contributed by atoms with E-state index in [0.29, 0.717) is 6.07 Å². The van der Waals surface area contributed by atoms with Crippen LogP contribution in [0.25, 0.3) is 0 Å². The van der Waals surface area contributed by atoms with Gasteiger partial charge in [-0.3, -0.25) is 0 Å². The Morgan fingerprint density at radius 3 is 1.81 bits per heavy atom. The number of pyridine rings is 1. The molecule has 0 unspecified atom stereocenters. The average molecular weight is 343 g/mol. The van der Waals surface area contributed by atoms with Crippen LogP contribution in [-0.4, -0.2) is 18.9 Å². The Hall–Kier alpha value is -1.46. The van der Waals surface area contributed by atoms with Gasteiger partial charge in [-0.05, 0) is 19.1 Å². The van der Waals surface area contributed by atoms with Crippen molar-refractivity contribution in [1.29, 1.82) is 0 Å². The number of sulfone groups is 1. The van der Waals surface area contributed by atoms with Gasteiger partial charge in [-0.1, -0.05) is 0 Å². The Balaban J connectivity index is 3.69. The van der Waals surface area contributed by atoms with Crippen molar-refractivity contribution in [1.82, 2.24) is 4.98 Å². The number of halogens is 8. The quantitative estimate of drug-likeness (QED) is 0.774. The van der Waals surface area contributed by atoms with Crippen LogP contribution in [0.1, 0.15) is 17.0 Å². The second kappa shape index (κ2) is 4.78. The molecule has 0 aliphatic heterocycles. The standard InChI is InChI=1S/C9H5F8NO2S/c1-4-2-3-5(6(18-4)7(10,11)12)8(13,14)21(19,20)9(15,16)17/h2-3H,1H3. The van der Waals surface area contributed by atoms with Gasteiger partial charge in [0, 0.05) is 5.69 Å². The zero-order valence-corrected chi connectivity index (χ0v) is 10.7. The summed E-state index contributed by atoms with van der Waals surface area (Å²) in [5.41, 5.74) is -11.6. The number of hydrogen-bond acceptors (Lipinski definition) is 3. The third-order valence-corrected chi connectivity index (χ3v) is 3.76. The molecule has 0 aromatic carbocycles. The van der Waals surface area contributed by atoms with Gasteiger partial charge in [0.25, 0.3) is 0 Å². The number of hydrogen-bond donors (Lipinski definition) is 0. The maximum atomic E-state index is 13.5. The van der Waals surface area contributed by atoms with Crippen molar-refractivity contribution in [3.8, 4) is 0 Å². The molecule has 0 saturated heterocycles. The molecule has 0 bridgehead atoms. The summed E-state index contributed by atoms with van der Waals surface area (Å²) in [5, 5.41) is -5.82. The minimum absolute atomic E-state index is 0.0472. The Labute approximate surface area is 112 Å². The smallest absolute Gasteiger partial charge is 0.248 e. The molecule has 12 heteroatoms. The minimum Gasteiger partial charge on any atom is -0.248 e. The highest BCUT2D eigenvalue weighted by Crippen LogP contribution is 2.46. The maximum Gasteiger partial charge on any atom is 0.503 e. The number of alkyl halides is 8. The van der Waals surface area contributed by atoms with Gasteiger partial charge >= 0.3 is 26.8 Å². The fraction of sp³-hybridized carbons (Fsp3) is 0.444. The molecule has 0 atom stereocenters. The highest BCUT2D eigenvalue weighted by molar-refractivity contribution is 7.92. The molecule has 0 saturated carbocycles. The molecule has 1 aromatic heterocycles. The molecule has 1 rings (SSSR count). The highest BCUT2D eigenvalue weighted by Gasteiger charge is 2.64. The number of aryl methyl sites for hydroxylation is 1. The van der Waals surface area contributed by atoms with E-state index in [2.05, 4.69) is 4.98 Å². The molecule has 0 aliphatic rings. The fourth-order valence-corrected chi connectivity index (χ4v) is 2.04. The predicted octanol–water partition coefficient (Wildman–Crippen LogP) is 3.39. The van der Waals surface area contributed by atoms with E-state index in [1.807, 2.05) is 0 Å². The number of rotatable bonds is 2. The van der Waals surface area contributed by atoms with Gasteiger partial charge in [0.2, 0.25) is 0 Å². The fourth-order valence-electron chi connectivity index (χ4n) is 1.30. The molecule has 0 fully saturated rings. The molecule has 0 spiro atoms. The lowest BCUT2D eigenvalue weighted by molar-refractivity contribution is -0.144. The van der Waals surface area contributed by atoms with Gasteiger partial charge in [-0.2, -0.15) is 35.1 Å². The molecule has 21 heavy (non-hydrogen) atoms. The number of aromatic nitrogens is 1. The minimum atomic E-state index is -7.20. The first-order valence-electron chi connectivity index (χ1n) is 4.86. The van der Waals surface area contributed by atoms with E-state index in [0.717, 1.165) is 6.92 Å². The lowest BCUT2D eigenvalue weighted by Gasteiger charge is -2.22. The third kappa shape index (κ3) is 2.94. The Bertz CT molecular complexity index is 647. The van der Waals surface area contributed by atoms with Gasteiger partial charge in [-0.25, -0.2) is 13.4 Å². The third-order valence-electron chi connectivity index (χ3n) is 2.26. The van der Waals surface area contributed by atoms with E-state index in [1.54, 1.807) is 0 Å². The van der Waals surface area contributed by atoms with Gasteiger partial charge in [-0.15, -0.1) is 0 Å². The largest absolute Gasteiger partial charge is 0.503 e. The van der Waals surface area contributed by atoms with E-state index in [9.17, 15) is 43.5 Å².